The number of hydrogen-bond acceptors (Lipinski definition) is 9. The van der Waals surface area contributed by atoms with E-state index in [2.05, 4.69) is 37.1 Å². The fraction of sp³-hybridized carbons (Fsp3) is 0.323. The summed E-state index contributed by atoms with van der Waals surface area (Å²) < 4.78 is 1.74. The van der Waals surface area contributed by atoms with Gasteiger partial charge in [0, 0.05) is 62.2 Å². The summed E-state index contributed by atoms with van der Waals surface area (Å²) in [4.78, 5) is 39.9. The minimum atomic E-state index is -0.442. The minimum absolute atomic E-state index is 0.0616. The van der Waals surface area contributed by atoms with Gasteiger partial charge in [0.15, 0.2) is 0 Å². The molecule has 1 aromatic carbocycles. The molecule has 0 atom stereocenters. The highest BCUT2D eigenvalue weighted by molar-refractivity contribution is 5.91. The Hall–Kier alpha value is -5.51. The molecular formula is C31H35N11O2. The summed E-state index contributed by atoms with van der Waals surface area (Å²) in [6.07, 6.45) is 10.1. The molecular weight excluding hydrogens is 558 g/mol. The van der Waals surface area contributed by atoms with Crippen LogP contribution in [-0.2, 0) is 18.4 Å². The largest absolute Gasteiger partial charge is 0.370 e. The molecule has 44 heavy (non-hydrogen) atoms. The van der Waals surface area contributed by atoms with E-state index >= 15 is 0 Å². The maximum Gasteiger partial charge on any atom is 0.323 e. The molecule has 1 aliphatic carbocycles. The van der Waals surface area contributed by atoms with Crippen LogP contribution in [0.3, 0.4) is 0 Å². The second-order valence-corrected chi connectivity index (χ2v) is 10.7. The summed E-state index contributed by atoms with van der Waals surface area (Å²) in [6.45, 7) is 0.678. The second-order valence-electron chi connectivity index (χ2n) is 10.7. The molecule has 0 bridgehead atoms. The summed E-state index contributed by atoms with van der Waals surface area (Å²) >= 11 is 0. The molecule has 0 unspecified atom stereocenters. The number of nitrogens with zero attached hydrogens (tertiary/aromatic N) is 7. The molecule has 4 aromatic rings. The number of benzene rings is 1. The van der Waals surface area contributed by atoms with Gasteiger partial charge in [-0.05, 0) is 43.4 Å². The zero-order chi connectivity index (χ0) is 30.9. The summed E-state index contributed by atoms with van der Waals surface area (Å²) in [7, 11) is 1.87. The lowest BCUT2D eigenvalue weighted by atomic mass is 9.90. The molecule has 3 heterocycles. The third kappa shape index (κ3) is 7.65. The van der Waals surface area contributed by atoms with Gasteiger partial charge in [0.2, 0.25) is 11.9 Å². The van der Waals surface area contributed by atoms with Crippen LogP contribution < -0.4 is 26.6 Å². The van der Waals surface area contributed by atoms with Crippen molar-refractivity contribution in [2.45, 2.75) is 50.7 Å². The van der Waals surface area contributed by atoms with Crippen LogP contribution in [0.5, 0.6) is 0 Å². The number of amides is 3. The average Bonchev–Trinajstić information content (AvgIpc) is 3.48. The smallest absolute Gasteiger partial charge is 0.323 e. The normalized spacial score (nSPS) is 16.0. The highest BCUT2D eigenvalue weighted by Crippen LogP contribution is 2.29. The predicted molar refractivity (Wildman–Crippen MR) is 166 cm³/mol. The van der Waals surface area contributed by atoms with Crippen LogP contribution in [0.25, 0.3) is 11.1 Å². The van der Waals surface area contributed by atoms with Crippen LogP contribution in [0.4, 0.5) is 22.4 Å². The number of primary amides is 1. The van der Waals surface area contributed by atoms with Crippen molar-refractivity contribution in [2.75, 3.05) is 22.1 Å². The number of anilines is 3. The number of pyridine rings is 1. The number of nitriles is 1. The summed E-state index contributed by atoms with van der Waals surface area (Å²) in [5.74, 6) is 0.880. The number of hydrogen-bond donors (Lipinski definition) is 4. The van der Waals surface area contributed by atoms with Crippen LogP contribution in [0.1, 0.15) is 43.2 Å². The van der Waals surface area contributed by atoms with E-state index in [1.165, 1.54) is 6.20 Å². The van der Waals surface area contributed by atoms with Gasteiger partial charge in [-0.3, -0.25) is 14.4 Å². The lowest BCUT2D eigenvalue weighted by Gasteiger charge is -2.36. The lowest BCUT2D eigenvalue weighted by Crippen LogP contribution is -2.49. The van der Waals surface area contributed by atoms with E-state index in [9.17, 15) is 14.9 Å². The fourth-order valence-electron chi connectivity index (χ4n) is 5.22. The molecule has 3 amide bonds. The van der Waals surface area contributed by atoms with Gasteiger partial charge in [0.05, 0.1) is 12.4 Å². The first-order chi connectivity index (χ1) is 21.4. The quantitative estimate of drug-likeness (QED) is 0.202. The molecule has 5 N–H and O–H groups in total. The maximum atomic E-state index is 13.6. The summed E-state index contributed by atoms with van der Waals surface area (Å²) in [5, 5.41) is 23.1. The highest BCUT2D eigenvalue weighted by Gasteiger charge is 2.31. The molecule has 226 valence electrons. The minimum Gasteiger partial charge on any atom is -0.370 e. The number of aromatic nitrogens is 5. The lowest BCUT2D eigenvalue weighted by molar-refractivity contribution is -0.117. The number of nitrogens with two attached hydrogens (primary N) is 1. The van der Waals surface area contributed by atoms with Crippen molar-refractivity contribution in [3.05, 3.63) is 78.4 Å². The predicted octanol–water partition coefficient (Wildman–Crippen LogP) is 3.57. The molecule has 1 aliphatic rings. The molecule has 13 heteroatoms. The number of carbonyl (C=O) groups is 2. The summed E-state index contributed by atoms with van der Waals surface area (Å²) in [5.41, 5.74) is 8.39. The standard InChI is InChI=1S/C31H35N11O2/c1-41-20-24(19-38-41)22-7-12-28(35-17-22)42(31(44)37-16-21-5-3-2-4-6-21)26-10-8-25(9-11-26)39-30-36-18-23(15-32)29(40-30)34-14-13-27(33)43/h2-7,12,17-20,25-26H,8-11,13-14,16H2,1H3,(H2,33,43)(H,37,44)(H2,34,36,39,40)/t25-,26-. The van der Waals surface area contributed by atoms with E-state index in [-0.39, 0.29) is 36.6 Å². The zero-order valence-corrected chi connectivity index (χ0v) is 24.5. The first kappa shape index (κ1) is 30.0. The number of nitrogens with one attached hydrogen (secondary N) is 3. The Morgan fingerprint density at radius 2 is 1.84 bits per heavy atom. The van der Waals surface area contributed by atoms with Crippen molar-refractivity contribution in [3.8, 4) is 17.2 Å². The van der Waals surface area contributed by atoms with Gasteiger partial charge in [-0.25, -0.2) is 14.8 Å². The number of urea groups is 1. The van der Waals surface area contributed by atoms with Crippen LogP contribution in [-0.4, -0.2) is 55.3 Å². The molecule has 0 saturated heterocycles. The highest BCUT2D eigenvalue weighted by atomic mass is 16.2. The van der Waals surface area contributed by atoms with E-state index in [0.717, 1.165) is 42.4 Å². The van der Waals surface area contributed by atoms with Crippen molar-refractivity contribution >= 4 is 29.5 Å². The molecule has 0 radical (unpaired) electrons. The molecule has 0 aliphatic heterocycles. The van der Waals surface area contributed by atoms with Crippen molar-refractivity contribution in [1.82, 2.24) is 30.0 Å². The Labute approximate surface area is 255 Å². The zero-order valence-electron chi connectivity index (χ0n) is 24.5. The van der Waals surface area contributed by atoms with Gasteiger partial charge in [0.1, 0.15) is 23.3 Å². The van der Waals surface area contributed by atoms with Crippen molar-refractivity contribution in [2.24, 2.45) is 12.8 Å². The molecule has 0 spiro atoms. The number of rotatable bonds is 11. The van der Waals surface area contributed by atoms with Gasteiger partial charge in [-0.1, -0.05) is 30.3 Å². The van der Waals surface area contributed by atoms with E-state index in [1.807, 2.05) is 55.7 Å². The Balaban J connectivity index is 1.27. The number of aryl methyl sites for hydroxylation is 1. The molecule has 1 saturated carbocycles. The van der Waals surface area contributed by atoms with E-state index in [1.54, 1.807) is 22.0 Å². The monoisotopic (exact) mass is 593 g/mol. The third-order valence-electron chi connectivity index (χ3n) is 7.51. The van der Waals surface area contributed by atoms with Gasteiger partial charge < -0.3 is 21.7 Å². The second kappa shape index (κ2) is 14.1. The maximum absolute atomic E-state index is 13.6. The molecule has 3 aromatic heterocycles. The Morgan fingerprint density at radius 3 is 2.50 bits per heavy atom. The SMILES string of the molecule is Cn1cc(-c2ccc(N(C(=O)NCc3ccccc3)[C@H]3CC[C@H](Nc4ncc(C#N)c(NCCC(N)=O)n4)CC3)nc2)cn1. The summed E-state index contributed by atoms with van der Waals surface area (Å²) in [6, 6.07) is 15.5. The first-order valence-corrected chi connectivity index (χ1v) is 14.5. The topological polar surface area (TPSA) is 180 Å². The Kier molecular flexibility index (Phi) is 9.61. The van der Waals surface area contributed by atoms with Crippen LogP contribution in [0, 0.1) is 11.3 Å². The third-order valence-corrected chi connectivity index (χ3v) is 7.51. The molecule has 5 rings (SSSR count). The Bertz CT molecular complexity index is 1610. The fourth-order valence-corrected chi connectivity index (χ4v) is 5.22. The first-order valence-electron chi connectivity index (χ1n) is 14.5. The average molecular weight is 594 g/mol. The van der Waals surface area contributed by atoms with E-state index in [0.29, 0.717) is 24.1 Å². The van der Waals surface area contributed by atoms with Crippen LogP contribution in [0.2, 0.25) is 0 Å². The van der Waals surface area contributed by atoms with E-state index in [4.69, 9.17) is 10.7 Å². The van der Waals surface area contributed by atoms with Crippen molar-refractivity contribution in [1.29, 1.82) is 5.26 Å². The molecule has 13 nitrogen and oxygen atoms in total. The van der Waals surface area contributed by atoms with Crippen molar-refractivity contribution < 1.29 is 9.59 Å². The van der Waals surface area contributed by atoms with Gasteiger partial charge in [0.25, 0.3) is 0 Å². The van der Waals surface area contributed by atoms with Gasteiger partial charge in [-0.2, -0.15) is 15.3 Å². The van der Waals surface area contributed by atoms with Crippen LogP contribution in [0.15, 0.2) is 67.3 Å². The van der Waals surface area contributed by atoms with Gasteiger partial charge >= 0.3 is 6.03 Å². The van der Waals surface area contributed by atoms with Crippen LogP contribution >= 0.6 is 0 Å². The van der Waals surface area contributed by atoms with Gasteiger partial charge in [-0.15, -0.1) is 0 Å². The van der Waals surface area contributed by atoms with Crippen molar-refractivity contribution in [3.63, 3.8) is 0 Å². The molecule has 1 fully saturated rings. The number of carbonyl (C=O) groups excluding carboxylic acids is 2. The Morgan fingerprint density at radius 1 is 1.05 bits per heavy atom. The van der Waals surface area contributed by atoms with E-state index < -0.39 is 5.91 Å².